The molecule has 1 N–H and O–H groups in total. The van der Waals surface area contributed by atoms with E-state index in [2.05, 4.69) is 28.2 Å². The van der Waals surface area contributed by atoms with Gasteiger partial charge < -0.3 is 10.1 Å². The Labute approximate surface area is 103 Å². The summed E-state index contributed by atoms with van der Waals surface area (Å²) in [5.74, 6) is 0.556. The molecule has 1 atom stereocenters. The molecule has 4 heteroatoms. The van der Waals surface area contributed by atoms with Crippen LogP contribution in [0.1, 0.15) is 31.4 Å². The van der Waals surface area contributed by atoms with Gasteiger partial charge in [0.25, 0.3) is 0 Å². The van der Waals surface area contributed by atoms with Crippen LogP contribution in [-0.2, 0) is 0 Å². The van der Waals surface area contributed by atoms with Gasteiger partial charge in [-0.2, -0.15) is 0 Å². The highest BCUT2D eigenvalue weighted by Crippen LogP contribution is 2.35. The van der Waals surface area contributed by atoms with E-state index in [1.807, 2.05) is 0 Å². The molecule has 0 amide bonds. The van der Waals surface area contributed by atoms with Gasteiger partial charge in [-0.3, -0.25) is 0 Å². The third-order valence-electron chi connectivity index (χ3n) is 2.73. The molecule has 1 aliphatic rings. The lowest BCUT2D eigenvalue weighted by atomic mass is 10.0. The Morgan fingerprint density at radius 1 is 1.56 bits per heavy atom. The van der Waals surface area contributed by atoms with Gasteiger partial charge in [-0.15, -0.1) is 0 Å². The molecule has 0 aliphatic carbocycles. The summed E-state index contributed by atoms with van der Waals surface area (Å²) < 4.78 is 19.5. The van der Waals surface area contributed by atoms with E-state index in [1.54, 1.807) is 12.1 Å². The van der Waals surface area contributed by atoms with E-state index in [0.717, 1.165) is 30.7 Å². The predicted molar refractivity (Wildman–Crippen MR) is 65.2 cm³/mol. The lowest BCUT2D eigenvalue weighted by molar-refractivity contribution is 0.252. The molecule has 0 saturated heterocycles. The average Bonchev–Trinajstić information content (AvgIpc) is 2.28. The highest BCUT2D eigenvalue weighted by Gasteiger charge is 2.22. The summed E-state index contributed by atoms with van der Waals surface area (Å²) in [6.45, 7) is 3.75. The van der Waals surface area contributed by atoms with Crippen LogP contribution in [0.3, 0.4) is 0 Å². The number of fused-ring (bicyclic) bond motifs is 1. The van der Waals surface area contributed by atoms with Crippen molar-refractivity contribution in [2.45, 2.75) is 25.8 Å². The fraction of sp³-hybridized carbons (Fsp3) is 0.500. The summed E-state index contributed by atoms with van der Waals surface area (Å²) in [6.07, 6.45) is 1.97. The number of hydrogen-bond acceptors (Lipinski definition) is 2. The summed E-state index contributed by atoms with van der Waals surface area (Å²) in [7, 11) is 0. The molecule has 2 rings (SSSR count). The van der Waals surface area contributed by atoms with E-state index in [4.69, 9.17) is 4.74 Å². The van der Waals surface area contributed by atoms with Gasteiger partial charge >= 0.3 is 0 Å². The maximum atomic E-state index is 13.5. The number of halogens is 2. The first-order valence-electron chi connectivity index (χ1n) is 5.57. The first-order chi connectivity index (χ1) is 7.72. The second-order valence-electron chi connectivity index (χ2n) is 3.95. The Hall–Kier alpha value is -0.610. The minimum atomic E-state index is -0.229. The van der Waals surface area contributed by atoms with Crippen LogP contribution in [0.25, 0.3) is 0 Å². The van der Waals surface area contributed by atoms with Crippen LogP contribution in [0.5, 0.6) is 5.75 Å². The molecule has 1 aliphatic heterocycles. The minimum Gasteiger partial charge on any atom is -0.493 e. The van der Waals surface area contributed by atoms with Crippen molar-refractivity contribution < 1.29 is 9.13 Å². The molecule has 0 saturated carbocycles. The van der Waals surface area contributed by atoms with E-state index in [1.165, 1.54) is 0 Å². The van der Waals surface area contributed by atoms with Crippen LogP contribution < -0.4 is 10.1 Å². The summed E-state index contributed by atoms with van der Waals surface area (Å²) in [6, 6.07) is 3.49. The summed E-state index contributed by atoms with van der Waals surface area (Å²) in [4.78, 5) is 0. The SMILES string of the molecule is CCCNC1CCOc2cc(Br)c(F)cc21. The van der Waals surface area contributed by atoms with E-state index < -0.39 is 0 Å². The average molecular weight is 288 g/mol. The zero-order valence-corrected chi connectivity index (χ0v) is 10.8. The predicted octanol–water partition coefficient (Wildman–Crippen LogP) is 3.41. The molecule has 0 fully saturated rings. The lowest BCUT2D eigenvalue weighted by Crippen LogP contribution is -2.27. The Morgan fingerprint density at radius 3 is 3.12 bits per heavy atom. The van der Waals surface area contributed by atoms with Crippen molar-refractivity contribution in [2.24, 2.45) is 0 Å². The number of hydrogen-bond donors (Lipinski definition) is 1. The van der Waals surface area contributed by atoms with Crippen molar-refractivity contribution in [3.8, 4) is 5.75 Å². The van der Waals surface area contributed by atoms with Crippen LogP contribution in [0, 0.1) is 5.82 Å². The third-order valence-corrected chi connectivity index (χ3v) is 3.34. The standard InChI is InChI=1S/C12H15BrFNO/c1-2-4-15-11-3-5-16-12-7-9(13)10(14)6-8(11)12/h6-7,11,15H,2-5H2,1H3. The van der Waals surface area contributed by atoms with Gasteiger partial charge in [0.05, 0.1) is 11.1 Å². The van der Waals surface area contributed by atoms with Crippen LogP contribution >= 0.6 is 15.9 Å². The van der Waals surface area contributed by atoms with Gasteiger partial charge in [-0.05, 0) is 41.0 Å². The molecule has 1 aromatic rings. The Bertz CT molecular complexity index is 384. The fourth-order valence-electron chi connectivity index (χ4n) is 1.91. The second-order valence-corrected chi connectivity index (χ2v) is 4.80. The maximum absolute atomic E-state index is 13.5. The van der Waals surface area contributed by atoms with Crippen molar-refractivity contribution in [3.05, 3.63) is 28.0 Å². The number of ether oxygens (including phenoxy) is 1. The Morgan fingerprint density at radius 2 is 2.38 bits per heavy atom. The smallest absolute Gasteiger partial charge is 0.137 e. The molecule has 1 unspecified atom stereocenters. The van der Waals surface area contributed by atoms with Crippen molar-refractivity contribution in [3.63, 3.8) is 0 Å². The quantitative estimate of drug-likeness (QED) is 0.920. The number of nitrogens with one attached hydrogen (secondary N) is 1. The molecular weight excluding hydrogens is 273 g/mol. The molecule has 0 bridgehead atoms. The number of benzene rings is 1. The van der Waals surface area contributed by atoms with Crippen LogP contribution in [0.4, 0.5) is 4.39 Å². The summed E-state index contributed by atoms with van der Waals surface area (Å²) in [5, 5.41) is 3.41. The number of rotatable bonds is 3. The van der Waals surface area contributed by atoms with E-state index in [0.29, 0.717) is 11.1 Å². The van der Waals surface area contributed by atoms with Crippen LogP contribution in [0.15, 0.2) is 16.6 Å². The van der Waals surface area contributed by atoms with Gasteiger partial charge in [-0.1, -0.05) is 6.92 Å². The molecule has 1 aromatic carbocycles. The fourth-order valence-corrected chi connectivity index (χ4v) is 2.24. The van der Waals surface area contributed by atoms with Crippen LogP contribution in [0.2, 0.25) is 0 Å². The zero-order valence-electron chi connectivity index (χ0n) is 9.22. The minimum absolute atomic E-state index is 0.214. The molecule has 16 heavy (non-hydrogen) atoms. The molecule has 0 spiro atoms. The second kappa shape index (κ2) is 5.15. The maximum Gasteiger partial charge on any atom is 0.137 e. The molecule has 88 valence electrons. The molecule has 2 nitrogen and oxygen atoms in total. The van der Waals surface area contributed by atoms with Crippen molar-refractivity contribution in [2.75, 3.05) is 13.2 Å². The summed E-state index contributed by atoms with van der Waals surface area (Å²) >= 11 is 3.17. The van der Waals surface area contributed by atoms with Gasteiger partial charge in [0.2, 0.25) is 0 Å². The highest BCUT2D eigenvalue weighted by molar-refractivity contribution is 9.10. The highest BCUT2D eigenvalue weighted by atomic mass is 79.9. The largest absolute Gasteiger partial charge is 0.493 e. The molecule has 0 radical (unpaired) electrons. The van der Waals surface area contributed by atoms with E-state index >= 15 is 0 Å². The van der Waals surface area contributed by atoms with Crippen molar-refractivity contribution >= 4 is 15.9 Å². The van der Waals surface area contributed by atoms with Crippen molar-refractivity contribution in [1.29, 1.82) is 0 Å². The van der Waals surface area contributed by atoms with Crippen molar-refractivity contribution in [1.82, 2.24) is 5.32 Å². The van der Waals surface area contributed by atoms with Gasteiger partial charge in [-0.25, -0.2) is 4.39 Å². The molecular formula is C12H15BrFNO. The van der Waals surface area contributed by atoms with E-state index in [9.17, 15) is 4.39 Å². The van der Waals surface area contributed by atoms with Crippen LogP contribution in [-0.4, -0.2) is 13.2 Å². The third kappa shape index (κ3) is 2.38. The van der Waals surface area contributed by atoms with Gasteiger partial charge in [0, 0.05) is 18.0 Å². The Balaban J connectivity index is 2.27. The first-order valence-corrected chi connectivity index (χ1v) is 6.36. The lowest BCUT2D eigenvalue weighted by Gasteiger charge is -2.27. The topological polar surface area (TPSA) is 21.3 Å². The summed E-state index contributed by atoms with van der Waals surface area (Å²) in [5.41, 5.74) is 0.931. The van der Waals surface area contributed by atoms with Gasteiger partial charge in [0.1, 0.15) is 11.6 Å². The Kier molecular flexibility index (Phi) is 3.82. The molecule has 1 heterocycles. The van der Waals surface area contributed by atoms with E-state index in [-0.39, 0.29) is 11.9 Å². The monoisotopic (exact) mass is 287 g/mol. The normalized spacial score (nSPS) is 19.1. The first kappa shape index (κ1) is 11.9. The molecule has 0 aromatic heterocycles. The van der Waals surface area contributed by atoms with Gasteiger partial charge in [0.15, 0.2) is 0 Å². The zero-order chi connectivity index (χ0) is 11.5.